The number of nitrogens with zero attached hydrogens (tertiary/aromatic N) is 2. The minimum atomic E-state index is 0.261. The summed E-state index contributed by atoms with van der Waals surface area (Å²) in [5.74, 6) is 9.32. The van der Waals surface area contributed by atoms with E-state index in [9.17, 15) is 0 Å². The molecule has 0 amide bonds. The highest BCUT2D eigenvalue weighted by atomic mass is 32.2. The highest BCUT2D eigenvalue weighted by Gasteiger charge is 1.99. The summed E-state index contributed by atoms with van der Waals surface area (Å²) in [6.07, 6.45) is 0.846. The average molecular weight is 257 g/mol. The fraction of sp³-hybridized carbons (Fsp3) is 0.600. The standard InChI is InChI=1S/C10H19N5OS/c1-8-13-9(7-10(14-8)15-11)12-3-6-17-5-2-4-16/h7,16H,2-6,11H2,1H3,(H2,12,13,14,15). The number of nitrogens with two attached hydrogens (primary N) is 1. The number of hydrogen-bond acceptors (Lipinski definition) is 7. The Morgan fingerprint density at radius 2 is 2.12 bits per heavy atom. The molecule has 0 aliphatic rings. The monoisotopic (exact) mass is 257 g/mol. The lowest BCUT2D eigenvalue weighted by Gasteiger charge is -2.07. The predicted octanol–water partition coefficient (Wildman–Crippen LogP) is 0.598. The Morgan fingerprint density at radius 1 is 1.35 bits per heavy atom. The summed E-state index contributed by atoms with van der Waals surface area (Å²) in [7, 11) is 0. The van der Waals surface area contributed by atoms with E-state index < -0.39 is 0 Å². The molecule has 0 saturated heterocycles. The SMILES string of the molecule is Cc1nc(NN)cc(NCCSCCCO)n1. The van der Waals surface area contributed by atoms with Crippen molar-refractivity contribution < 1.29 is 5.11 Å². The van der Waals surface area contributed by atoms with Crippen molar-refractivity contribution in [3.63, 3.8) is 0 Å². The van der Waals surface area contributed by atoms with Gasteiger partial charge < -0.3 is 15.8 Å². The molecule has 0 fully saturated rings. The third-order valence-corrected chi connectivity index (χ3v) is 3.06. The zero-order valence-electron chi connectivity index (χ0n) is 9.94. The zero-order chi connectivity index (χ0) is 12.5. The first-order valence-corrected chi connectivity index (χ1v) is 6.66. The van der Waals surface area contributed by atoms with Crippen LogP contribution in [-0.4, -0.2) is 39.7 Å². The van der Waals surface area contributed by atoms with Crippen LogP contribution < -0.4 is 16.6 Å². The Bertz CT molecular complexity index is 336. The topological polar surface area (TPSA) is 96.1 Å². The first-order chi connectivity index (χ1) is 8.26. The van der Waals surface area contributed by atoms with E-state index in [-0.39, 0.29) is 6.61 Å². The van der Waals surface area contributed by atoms with E-state index in [1.807, 2.05) is 6.92 Å². The van der Waals surface area contributed by atoms with E-state index in [0.717, 1.165) is 30.3 Å². The number of nitrogen functional groups attached to an aromatic ring is 1. The Kier molecular flexibility index (Phi) is 6.68. The van der Waals surface area contributed by atoms with Gasteiger partial charge in [0.1, 0.15) is 17.5 Å². The van der Waals surface area contributed by atoms with Gasteiger partial charge in [-0.15, -0.1) is 0 Å². The van der Waals surface area contributed by atoms with E-state index >= 15 is 0 Å². The summed E-state index contributed by atoms with van der Waals surface area (Å²) in [6, 6.07) is 1.77. The van der Waals surface area contributed by atoms with Gasteiger partial charge in [0.25, 0.3) is 0 Å². The normalized spacial score (nSPS) is 10.3. The zero-order valence-corrected chi connectivity index (χ0v) is 10.8. The second kappa shape index (κ2) is 8.10. The molecule has 1 aromatic heterocycles. The van der Waals surface area contributed by atoms with Gasteiger partial charge in [0.2, 0.25) is 0 Å². The van der Waals surface area contributed by atoms with Crippen molar-refractivity contribution in [1.29, 1.82) is 0 Å². The molecule has 0 radical (unpaired) electrons. The highest BCUT2D eigenvalue weighted by Crippen LogP contribution is 2.10. The molecule has 0 aromatic carbocycles. The van der Waals surface area contributed by atoms with Gasteiger partial charge in [-0.1, -0.05) is 0 Å². The summed E-state index contributed by atoms with van der Waals surface area (Å²) in [6.45, 7) is 2.91. The van der Waals surface area contributed by atoms with Crippen LogP contribution in [0, 0.1) is 6.92 Å². The molecule has 0 atom stereocenters. The van der Waals surface area contributed by atoms with Crippen LogP contribution >= 0.6 is 11.8 Å². The molecule has 1 heterocycles. The van der Waals surface area contributed by atoms with Gasteiger partial charge >= 0.3 is 0 Å². The van der Waals surface area contributed by atoms with Crippen molar-refractivity contribution in [2.45, 2.75) is 13.3 Å². The quantitative estimate of drug-likeness (QED) is 0.307. The Hall–Kier alpha value is -1.05. The molecule has 0 saturated carbocycles. The maximum absolute atomic E-state index is 8.62. The van der Waals surface area contributed by atoms with Gasteiger partial charge in [-0.05, 0) is 19.1 Å². The third kappa shape index (κ3) is 5.71. The fourth-order valence-corrected chi connectivity index (χ4v) is 2.04. The molecular formula is C10H19N5OS. The number of anilines is 2. The number of thioether (sulfide) groups is 1. The molecule has 0 aliphatic heterocycles. The van der Waals surface area contributed by atoms with Gasteiger partial charge in [0.05, 0.1) is 0 Å². The van der Waals surface area contributed by atoms with Crippen LogP contribution in [0.1, 0.15) is 12.2 Å². The minimum absolute atomic E-state index is 0.261. The van der Waals surface area contributed by atoms with Crippen molar-refractivity contribution in [3.05, 3.63) is 11.9 Å². The lowest BCUT2D eigenvalue weighted by atomic mass is 10.5. The first-order valence-electron chi connectivity index (χ1n) is 5.51. The van der Waals surface area contributed by atoms with E-state index in [1.54, 1.807) is 17.8 Å². The van der Waals surface area contributed by atoms with E-state index in [1.165, 1.54) is 0 Å². The minimum Gasteiger partial charge on any atom is -0.396 e. The molecule has 1 aromatic rings. The van der Waals surface area contributed by atoms with Gasteiger partial charge in [-0.3, -0.25) is 0 Å². The van der Waals surface area contributed by atoms with Crippen molar-refractivity contribution in [3.8, 4) is 0 Å². The molecule has 0 bridgehead atoms. The Morgan fingerprint density at radius 3 is 2.82 bits per heavy atom. The number of aliphatic hydroxyl groups excluding tert-OH is 1. The lowest BCUT2D eigenvalue weighted by Crippen LogP contribution is -2.12. The van der Waals surface area contributed by atoms with Crippen molar-refractivity contribution in [1.82, 2.24) is 9.97 Å². The second-order valence-electron chi connectivity index (χ2n) is 3.45. The molecule has 5 N–H and O–H groups in total. The summed E-state index contributed by atoms with van der Waals surface area (Å²) in [4.78, 5) is 8.35. The van der Waals surface area contributed by atoms with Gasteiger partial charge in [0.15, 0.2) is 0 Å². The van der Waals surface area contributed by atoms with Gasteiger partial charge in [-0.25, -0.2) is 15.8 Å². The van der Waals surface area contributed by atoms with Crippen molar-refractivity contribution in [2.24, 2.45) is 5.84 Å². The molecule has 0 aliphatic carbocycles. The number of aliphatic hydroxyl groups is 1. The first kappa shape index (κ1) is 14.0. The number of aromatic nitrogens is 2. The maximum Gasteiger partial charge on any atom is 0.145 e. The van der Waals surface area contributed by atoms with Gasteiger partial charge in [0, 0.05) is 25.0 Å². The number of hydrogen-bond donors (Lipinski definition) is 4. The van der Waals surface area contributed by atoms with Crippen LogP contribution in [0.25, 0.3) is 0 Å². The summed E-state index contributed by atoms with van der Waals surface area (Å²) >= 11 is 1.81. The molecule has 6 nitrogen and oxygen atoms in total. The summed E-state index contributed by atoms with van der Waals surface area (Å²) in [5, 5.41) is 11.8. The predicted molar refractivity (Wildman–Crippen MR) is 72.1 cm³/mol. The third-order valence-electron chi connectivity index (χ3n) is 1.99. The molecule has 7 heteroatoms. The maximum atomic E-state index is 8.62. The lowest BCUT2D eigenvalue weighted by molar-refractivity contribution is 0.296. The van der Waals surface area contributed by atoms with E-state index in [2.05, 4.69) is 20.7 Å². The molecule has 0 unspecified atom stereocenters. The second-order valence-corrected chi connectivity index (χ2v) is 4.67. The smallest absolute Gasteiger partial charge is 0.145 e. The number of aryl methyl sites for hydroxylation is 1. The summed E-state index contributed by atoms with van der Waals surface area (Å²) < 4.78 is 0. The molecule has 0 spiro atoms. The Labute approximate surface area is 105 Å². The van der Waals surface area contributed by atoms with Crippen LogP contribution in [0.3, 0.4) is 0 Å². The highest BCUT2D eigenvalue weighted by molar-refractivity contribution is 7.99. The van der Waals surface area contributed by atoms with E-state index in [0.29, 0.717) is 11.6 Å². The van der Waals surface area contributed by atoms with Crippen LogP contribution in [0.4, 0.5) is 11.6 Å². The van der Waals surface area contributed by atoms with Gasteiger partial charge in [-0.2, -0.15) is 11.8 Å². The fourth-order valence-electron chi connectivity index (χ4n) is 1.25. The van der Waals surface area contributed by atoms with Crippen LogP contribution in [0.5, 0.6) is 0 Å². The molecular weight excluding hydrogens is 238 g/mol. The number of rotatable bonds is 8. The average Bonchev–Trinajstić information content (AvgIpc) is 2.33. The number of nitrogens with one attached hydrogen (secondary N) is 2. The van der Waals surface area contributed by atoms with Crippen LogP contribution in [-0.2, 0) is 0 Å². The number of hydrazine groups is 1. The van der Waals surface area contributed by atoms with Crippen LogP contribution in [0.2, 0.25) is 0 Å². The van der Waals surface area contributed by atoms with E-state index in [4.69, 9.17) is 10.9 Å². The Balaban J connectivity index is 2.28. The van der Waals surface area contributed by atoms with Crippen LogP contribution in [0.15, 0.2) is 6.07 Å². The van der Waals surface area contributed by atoms with Crippen molar-refractivity contribution >= 4 is 23.4 Å². The molecule has 96 valence electrons. The van der Waals surface area contributed by atoms with Crippen molar-refractivity contribution in [2.75, 3.05) is 35.4 Å². The largest absolute Gasteiger partial charge is 0.396 e. The molecule has 1 rings (SSSR count). The summed E-state index contributed by atoms with van der Waals surface area (Å²) in [5.41, 5.74) is 2.50. The molecule has 17 heavy (non-hydrogen) atoms.